The van der Waals surface area contributed by atoms with Gasteiger partial charge in [0.1, 0.15) is 11.6 Å². The molecule has 0 amide bonds. The number of hydrogen-bond donors (Lipinski definition) is 1. The second kappa shape index (κ2) is 5.91. The molecular formula is C18H24N6O. The van der Waals surface area contributed by atoms with E-state index in [1.165, 1.54) is 0 Å². The lowest BCUT2D eigenvalue weighted by Gasteiger charge is -2.20. The highest BCUT2D eigenvalue weighted by Gasteiger charge is 2.27. The Morgan fingerprint density at radius 3 is 2.68 bits per heavy atom. The normalized spacial score (nSPS) is 20.2. The number of β-amino-alcohol motifs (C(OH)–C–C–N with tert-alkyl or cyclic N) is 1. The second-order valence-corrected chi connectivity index (χ2v) is 7.87. The first kappa shape index (κ1) is 16.2. The molecule has 0 saturated carbocycles. The van der Waals surface area contributed by atoms with E-state index in [1.807, 2.05) is 12.3 Å². The molecule has 4 heterocycles. The van der Waals surface area contributed by atoms with Gasteiger partial charge in [0.15, 0.2) is 0 Å². The lowest BCUT2D eigenvalue weighted by atomic mass is 9.95. The molecule has 7 heteroatoms. The van der Waals surface area contributed by atoms with E-state index in [2.05, 4.69) is 40.5 Å². The van der Waals surface area contributed by atoms with Gasteiger partial charge >= 0.3 is 0 Å². The summed E-state index contributed by atoms with van der Waals surface area (Å²) in [5, 5.41) is 9.74. The van der Waals surface area contributed by atoms with Crippen molar-refractivity contribution in [2.45, 2.75) is 51.8 Å². The highest BCUT2D eigenvalue weighted by Crippen LogP contribution is 2.28. The van der Waals surface area contributed by atoms with Crippen molar-refractivity contribution in [2.75, 3.05) is 22.9 Å². The zero-order valence-electron chi connectivity index (χ0n) is 15.0. The predicted molar refractivity (Wildman–Crippen MR) is 95.5 cm³/mol. The molecule has 2 aliphatic rings. The number of nitrogens with zero attached hydrogens (tertiary/aromatic N) is 6. The Hall–Kier alpha value is -2.28. The third-order valence-corrected chi connectivity index (χ3v) is 4.73. The summed E-state index contributed by atoms with van der Waals surface area (Å²) < 4.78 is 0. The molecule has 2 aliphatic heterocycles. The van der Waals surface area contributed by atoms with Gasteiger partial charge in [-0.3, -0.25) is 0 Å². The fraction of sp³-hybridized carbons (Fsp3) is 0.556. The Kier molecular flexibility index (Phi) is 3.83. The summed E-state index contributed by atoms with van der Waals surface area (Å²) in [6, 6.07) is 1.91. The third kappa shape index (κ3) is 3.16. The summed E-state index contributed by atoms with van der Waals surface area (Å²) in [7, 11) is 0. The monoisotopic (exact) mass is 340 g/mol. The molecule has 7 nitrogen and oxygen atoms in total. The summed E-state index contributed by atoms with van der Waals surface area (Å²) in [6.07, 6.45) is 4.25. The molecule has 0 radical (unpaired) electrons. The summed E-state index contributed by atoms with van der Waals surface area (Å²) in [6.45, 7) is 9.27. The molecule has 2 aromatic heterocycles. The number of rotatable bonds is 2. The average molecular weight is 340 g/mol. The standard InChI is InChI=1S/C18H24N6O/c1-18(2,3)16-20-8-12-9-24(11-14(12)21-16)17-19-6-4-15(22-17)23-7-5-13(25)10-23/h4,6,8,13,25H,5,7,9-11H2,1-3H3. The molecule has 1 saturated heterocycles. The van der Waals surface area contributed by atoms with Gasteiger partial charge in [0.2, 0.25) is 5.95 Å². The molecule has 1 unspecified atom stereocenters. The first-order valence-electron chi connectivity index (χ1n) is 8.76. The van der Waals surface area contributed by atoms with Gasteiger partial charge < -0.3 is 14.9 Å². The largest absolute Gasteiger partial charge is 0.391 e. The van der Waals surface area contributed by atoms with Crippen molar-refractivity contribution in [3.8, 4) is 0 Å². The molecule has 1 N–H and O–H groups in total. The van der Waals surface area contributed by atoms with E-state index in [0.717, 1.165) is 42.4 Å². The maximum absolute atomic E-state index is 9.74. The Bertz CT molecular complexity index is 787. The fourth-order valence-corrected chi connectivity index (χ4v) is 3.27. The maximum atomic E-state index is 9.74. The van der Waals surface area contributed by atoms with Gasteiger partial charge in [-0.2, -0.15) is 4.98 Å². The van der Waals surface area contributed by atoms with Crippen LogP contribution in [0.4, 0.5) is 11.8 Å². The molecule has 25 heavy (non-hydrogen) atoms. The molecule has 0 aliphatic carbocycles. The van der Waals surface area contributed by atoms with E-state index in [4.69, 9.17) is 9.97 Å². The van der Waals surface area contributed by atoms with E-state index >= 15 is 0 Å². The summed E-state index contributed by atoms with van der Waals surface area (Å²) in [5.74, 6) is 2.45. The van der Waals surface area contributed by atoms with Crippen LogP contribution in [0.1, 0.15) is 44.3 Å². The summed E-state index contributed by atoms with van der Waals surface area (Å²) >= 11 is 0. The third-order valence-electron chi connectivity index (χ3n) is 4.73. The molecule has 0 spiro atoms. The van der Waals surface area contributed by atoms with Crippen LogP contribution in [0.3, 0.4) is 0 Å². The minimum atomic E-state index is -0.263. The van der Waals surface area contributed by atoms with Crippen molar-refractivity contribution in [2.24, 2.45) is 0 Å². The second-order valence-electron chi connectivity index (χ2n) is 7.87. The predicted octanol–water partition coefficient (Wildman–Crippen LogP) is 1.66. The summed E-state index contributed by atoms with van der Waals surface area (Å²) in [5.41, 5.74) is 2.14. The number of anilines is 2. The molecule has 0 aromatic carbocycles. The van der Waals surface area contributed by atoms with E-state index in [0.29, 0.717) is 19.0 Å². The molecule has 132 valence electrons. The minimum Gasteiger partial charge on any atom is -0.391 e. The zero-order chi connectivity index (χ0) is 17.6. The van der Waals surface area contributed by atoms with Crippen LogP contribution >= 0.6 is 0 Å². The van der Waals surface area contributed by atoms with Gasteiger partial charge in [-0.25, -0.2) is 15.0 Å². The number of aliphatic hydroxyl groups is 1. The number of hydrogen-bond acceptors (Lipinski definition) is 7. The van der Waals surface area contributed by atoms with Crippen LogP contribution in [-0.2, 0) is 18.5 Å². The number of aromatic nitrogens is 4. The highest BCUT2D eigenvalue weighted by atomic mass is 16.3. The number of fused-ring (bicyclic) bond motifs is 1. The van der Waals surface area contributed by atoms with Crippen molar-refractivity contribution in [3.63, 3.8) is 0 Å². The zero-order valence-corrected chi connectivity index (χ0v) is 15.0. The lowest BCUT2D eigenvalue weighted by molar-refractivity contribution is 0.198. The molecular weight excluding hydrogens is 316 g/mol. The Morgan fingerprint density at radius 1 is 1.12 bits per heavy atom. The molecule has 0 bridgehead atoms. The first-order chi connectivity index (χ1) is 11.9. The fourth-order valence-electron chi connectivity index (χ4n) is 3.27. The first-order valence-corrected chi connectivity index (χ1v) is 8.76. The Balaban J connectivity index is 1.55. The van der Waals surface area contributed by atoms with Crippen LogP contribution in [0, 0.1) is 0 Å². The van der Waals surface area contributed by atoms with Crippen molar-refractivity contribution in [1.82, 2.24) is 19.9 Å². The van der Waals surface area contributed by atoms with Crippen LogP contribution in [0.5, 0.6) is 0 Å². The van der Waals surface area contributed by atoms with Crippen LogP contribution in [0.2, 0.25) is 0 Å². The van der Waals surface area contributed by atoms with Gasteiger partial charge in [0, 0.05) is 43.0 Å². The van der Waals surface area contributed by atoms with Crippen LogP contribution in [0.25, 0.3) is 0 Å². The van der Waals surface area contributed by atoms with Crippen LogP contribution in [0.15, 0.2) is 18.5 Å². The van der Waals surface area contributed by atoms with Gasteiger partial charge in [-0.15, -0.1) is 0 Å². The van der Waals surface area contributed by atoms with E-state index in [-0.39, 0.29) is 11.5 Å². The molecule has 1 fully saturated rings. The van der Waals surface area contributed by atoms with Crippen molar-refractivity contribution in [1.29, 1.82) is 0 Å². The maximum Gasteiger partial charge on any atom is 0.227 e. The average Bonchev–Trinajstić information content (AvgIpc) is 3.19. The minimum absolute atomic E-state index is 0.0601. The van der Waals surface area contributed by atoms with Crippen LogP contribution in [-0.4, -0.2) is 44.2 Å². The van der Waals surface area contributed by atoms with E-state index in [9.17, 15) is 5.11 Å². The molecule has 1 atom stereocenters. The van der Waals surface area contributed by atoms with Gasteiger partial charge in [0.05, 0.1) is 18.3 Å². The van der Waals surface area contributed by atoms with E-state index < -0.39 is 0 Å². The molecule has 4 rings (SSSR count). The van der Waals surface area contributed by atoms with Crippen molar-refractivity contribution < 1.29 is 5.11 Å². The van der Waals surface area contributed by atoms with Crippen molar-refractivity contribution >= 4 is 11.8 Å². The summed E-state index contributed by atoms with van der Waals surface area (Å²) in [4.78, 5) is 22.7. The van der Waals surface area contributed by atoms with Gasteiger partial charge in [-0.05, 0) is 12.5 Å². The Morgan fingerprint density at radius 2 is 1.96 bits per heavy atom. The lowest BCUT2D eigenvalue weighted by Crippen LogP contribution is -2.24. The van der Waals surface area contributed by atoms with Crippen molar-refractivity contribution in [3.05, 3.63) is 35.5 Å². The van der Waals surface area contributed by atoms with E-state index in [1.54, 1.807) is 6.20 Å². The Labute approximate surface area is 147 Å². The smallest absolute Gasteiger partial charge is 0.227 e. The quantitative estimate of drug-likeness (QED) is 0.890. The van der Waals surface area contributed by atoms with Gasteiger partial charge in [0.25, 0.3) is 0 Å². The van der Waals surface area contributed by atoms with Crippen LogP contribution < -0.4 is 9.80 Å². The molecule has 2 aromatic rings. The topological polar surface area (TPSA) is 78.3 Å². The number of aliphatic hydroxyl groups excluding tert-OH is 1. The SMILES string of the molecule is CC(C)(C)c1ncc2c(n1)CN(c1nccc(N3CCC(O)C3)n1)C2. The highest BCUT2D eigenvalue weighted by molar-refractivity contribution is 5.47. The van der Waals surface area contributed by atoms with Gasteiger partial charge in [-0.1, -0.05) is 20.8 Å².